The molecule has 3 rings (SSSR count). The molecule has 0 aliphatic heterocycles. The Morgan fingerprint density at radius 1 is 1.17 bits per heavy atom. The second-order valence-corrected chi connectivity index (χ2v) is 6.03. The summed E-state index contributed by atoms with van der Waals surface area (Å²) in [5, 5.41) is 14.3. The molecule has 24 heavy (non-hydrogen) atoms. The zero-order chi connectivity index (χ0) is 17.1. The zero-order valence-electron chi connectivity index (χ0n) is 13.6. The lowest BCUT2D eigenvalue weighted by Crippen LogP contribution is -2.27. The number of Topliss-reactive ketones (excluding diaryl/α,β-unsaturated/α-hetero) is 2. The van der Waals surface area contributed by atoms with Crippen molar-refractivity contribution in [3.63, 3.8) is 0 Å². The number of hydrogen-bond acceptors (Lipinski definition) is 4. The van der Waals surface area contributed by atoms with Gasteiger partial charge in [0.15, 0.2) is 11.6 Å². The molecule has 0 unspecified atom stereocenters. The quantitative estimate of drug-likeness (QED) is 0.531. The highest BCUT2D eigenvalue weighted by molar-refractivity contribution is 6.22. The highest BCUT2D eigenvalue weighted by Crippen LogP contribution is 2.33. The number of carbonyl (C=O) groups is 2. The van der Waals surface area contributed by atoms with Gasteiger partial charge in [-0.25, -0.2) is 4.68 Å². The van der Waals surface area contributed by atoms with E-state index < -0.39 is 0 Å². The Morgan fingerprint density at radius 2 is 1.83 bits per heavy atom. The lowest BCUT2D eigenvalue weighted by Gasteiger charge is -2.23. The van der Waals surface area contributed by atoms with E-state index in [1.165, 1.54) is 0 Å². The van der Waals surface area contributed by atoms with Gasteiger partial charge in [0.25, 0.3) is 0 Å². The van der Waals surface area contributed by atoms with Crippen LogP contribution in [0.25, 0.3) is 5.69 Å². The molecule has 1 aliphatic rings. The molecule has 5 heteroatoms. The molecule has 2 aromatic rings. The second kappa shape index (κ2) is 6.83. The maximum atomic E-state index is 12.4. The van der Waals surface area contributed by atoms with Crippen LogP contribution in [0, 0.1) is 0 Å². The molecule has 0 spiro atoms. The van der Waals surface area contributed by atoms with Crippen molar-refractivity contribution < 1.29 is 14.7 Å². The summed E-state index contributed by atoms with van der Waals surface area (Å²) in [4.78, 5) is 24.8. The standard InChI is InChI=1S/C19H20N2O3/c1-2-6-16(22)19-17(23)11-13(12-18(19)24)15-9-10-20-21(15)14-7-4-3-5-8-14/h3-5,7-10,13,22H,2,6,11-12H2,1H3. The van der Waals surface area contributed by atoms with E-state index >= 15 is 0 Å². The summed E-state index contributed by atoms with van der Waals surface area (Å²) in [5.41, 5.74) is 1.74. The Morgan fingerprint density at radius 3 is 2.46 bits per heavy atom. The fraction of sp³-hybridized carbons (Fsp3) is 0.316. The Hall–Kier alpha value is -2.69. The summed E-state index contributed by atoms with van der Waals surface area (Å²) in [5.74, 6) is -0.834. The number of aliphatic hydroxyl groups excluding tert-OH is 1. The molecule has 0 radical (unpaired) electrons. The molecular formula is C19H20N2O3. The minimum absolute atomic E-state index is 0.00104. The van der Waals surface area contributed by atoms with Gasteiger partial charge in [-0.15, -0.1) is 0 Å². The van der Waals surface area contributed by atoms with Crippen molar-refractivity contribution in [2.45, 2.75) is 38.5 Å². The van der Waals surface area contributed by atoms with Crippen LogP contribution >= 0.6 is 0 Å². The topological polar surface area (TPSA) is 72.2 Å². The van der Waals surface area contributed by atoms with Crippen LogP contribution in [0.2, 0.25) is 0 Å². The van der Waals surface area contributed by atoms with Gasteiger partial charge in [-0.2, -0.15) is 5.10 Å². The Labute approximate surface area is 140 Å². The largest absolute Gasteiger partial charge is 0.511 e. The number of carbonyl (C=O) groups excluding carboxylic acids is 2. The summed E-state index contributed by atoms with van der Waals surface area (Å²) in [7, 11) is 0. The lowest BCUT2D eigenvalue weighted by molar-refractivity contribution is -0.124. The normalized spacial score (nSPS) is 18.0. The van der Waals surface area contributed by atoms with Crippen molar-refractivity contribution in [2.24, 2.45) is 0 Å². The molecule has 0 saturated heterocycles. The van der Waals surface area contributed by atoms with E-state index in [0.717, 1.165) is 11.4 Å². The average molecular weight is 324 g/mol. The number of benzene rings is 1. The fourth-order valence-electron chi connectivity index (χ4n) is 3.18. The van der Waals surface area contributed by atoms with Crippen LogP contribution in [0.15, 0.2) is 53.9 Å². The molecule has 1 aromatic carbocycles. The van der Waals surface area contributed by atoms with E-state index in [-0.39, 0.29) is 41.7 Å². The van der Waals surface area contributed by atoms with Crippen LogP contribution in [0.5, 0.6) is 0 Å². The summed E-state index contributed by atoms with van der Waals surface area (Å²) in [6.07, 6.45) is 3.16. The number of aliphatic hydroxyl groups is 1. The van der Waals surface area contributed by atoms with Crippen molar-refractivity contribution in [3.05, 3.63) is 59.6 Å². The van der Waals surface area contributed by atoms with Crippen LogP contribution in [-0.2, 0) is 9.59 Å². The lowest BCUT2D eigenvalue weighted by atomic mass is 9.81. The minimum atomic E-state index is -0.275. The first-order valence-corrected chi connectivity index (χ1v) is 8.19. The molecule has 1 saturated carbocycles. The molecule has 1 fully saturated rings. The first kappa shape index (κ1) is 16.2. The Balaban J connectivity index is 1.90. The SMILES string of the molecule is CCCC(O)=C1C(=O)CC(c2ccnn2-c2ccccc2)CC1=O. The highest BCUT2D eigenvalue weighted by Gasteiger charge is 2.35. The predicted molar refractivity (Wildman–Crippen MR) is 90.1 cm³/mol. The Kier molecular flexibility index (Phi) is 4.60. The van der Waals surface area contributed by atoms with Gasteiger partial charge >= 0.3 is 0 Å². The van der Waals surface area contributed by atoms with Crippen molar-refractivity contribution >= 4 is 11.6 Å². The number of hydrogen-bond donors (Lipinski definition) is 1. The molecular weight excluding hydrogens is 304 g/mol. The van der Waals surface area contributed by atoms with Gasteiger partial charge < -0.3 is 5.11 Å². The van der Waals surface area contributed by atoms with E-state index in [1.807, 2.05) is 43.3 Å². The number of ketones is 2. The van der Waals surface area contributed by atoms with Gasteiger partial charge in [-0.1, -0.05) is 25.1 Å². The number of allylic oxidation sites excluding steroid dienone is 2. The van der Waals surface area contributed by atoms with Gasteiger partial charge in [0, 0.05) is 37.1 Å². The third-order valence-corrected chi connectivity index (χ3v) is 4.29. The third-order valence-electron chi connectivity index (χ3n) is 4.29. The summed E-state index contributed by atoms with van der Waals surface area (Å²) >= 11 is 0. The fourth-order valence-corrected chi connectivity index (χ4v) is 3.18. The Bertz CT molecular complexity index is 770. The summed E-state index contributed by atoms with van der Waals surface area (Å²) in [6, 6.07) is 11.5. The maximum Gasteiger partial charge on any atom is 0.170 e. The minimum Gasteiger partial charge on any atom is -0.511 e. The average Bonchev–Trinajstić information content (AvgIpc) is 3.05. The van der Waals surface area contributed by atoms with Gasteiger partial charge in [-0.05, 0) is 24.6 Å². The van der Waals surface area contributed by atoms with Crippen LogP contribution in [0.4, 0.5) is 0 Å². The maximum absolute atomic E-state index is 12.4. The zero-order valence-corrected chi connectivity index (χ0v) is 13.6. The molecule has 1 heterocycles. The molecule has 0 atom stereocenters. The third kappa shape index (κ3) is 3.02. The first-order valence-electron chi connectivity index (χ1n) is 8.19. The van der Waals surface area contributed by atoms with E-state index in [1.54, 1.807) is 10.9 Å². The van der Waals surface area contributed by atoms with E-state index in [9.17, 15) is 14.7 Å². The number of para-hydroxylation sites is 1. The predicted octanol–water partition coefficient (Wildman–Crippen LogP) is 3.50. The van der Waals surface area contributed by atoms with Crippen molar-refractivity contribution in [2.75, 3.05) is 0 Å². The number of rotatable bonds is 4. The molecule has 1 aliphatic carbocycles. The smallest absolute Gasteiger partial charge is 0.170 e. The van der Waals surface area contributed by atoms with Gasteiger partial charge in [0.2, 0.25) is 0 Å². The number of nitrogens with zero attached hydrogens (tertiary/aromatic N) is 2. The molecule has 0 amide bonds. The molecule has 124 valence electrons. The molecule has 1 N–H and O–H groups in total. The van der Waals surface area contributed by atoms with E-state index in [0.29, 0.717) is 12.8 Å². The van der Waals surface area contributed by atoms with Crippen molar-refractivity contribution in [3.8, 4) is 5.69 Å². The van der Waals surface area contributed by atoms with Crippen LogP contribution in [0.3, 0.4) is 0 Å². The summed E-state index contributed by atoms with van der Waals surface area (Å²) in [6.45, 7) is 1.90. The van der Waals surface area contributed by atoms with Gasteiger partial charge in [0.05, 0.1) is 11.3 Å². The van der Waals surface area contributed by atoms with Crippen LogP contribution in [0.1, 0.15) is 44.2 Å². The molecule has 0 bridgehead atoms. The van der Waals surface area contributed by atoms with Gasteiger partial charge in [0.1, 0.15) is 5.76 Å². The van der Waals surface area contributed by atoms with Crippen LogP contribution in [-0.4, -0.2) is 26.5 Å². The van der Waals surface area contributed by atoms with Gasteiger partial charge in [-0.3, -0.25) is 9.59 Å². The number of aromatic nitrogens is 2. The monoisotopic (exact) mass is 324 g/mol. The van der Waals surface area contributed by atoms with Crippen LogP contribution < -0.4 is 0 Å². The summed E-state index contributed by atoms with van der Waals surface area (Å²) < 4.78 is 1.77. The molecule has 5 nitrogen and oxygen atoms in total. The second-order valence-electron chi connectivity index (χ2n) is 6.03. The van der Waals surface area contributed by atoms with E-state index in [2.05, 4.69) is 5.10 Å². The highest BCUT2D eigenvalue weighted by atomic mass is 16.3. The molecule has 1 aromatic heterocycles. The van der Waals surface area contributed by atoms with E-state index in [4.69, 9.17) is 0 Å². The van der Waals surface area contributed by atoms with Crippen molar-refractivity contribution in [1.29, 1.82) is 0 Å². The first-order chi connectivity index (χ1) is 11.6. The van der Waals surface area contributed by atoms with Crippen molar-refractivity contribution in [1.82, 2.24) is 9.78 Å².